The Hall–Kier alpha value is -2.23. The summed E-state index contributed by atoms with van der Waals surface area (Å²) in [6.45, 7) is 6.02. The maximum atomic E-state index is 13.2. The number of hydrogen-bond acceptors (Lipinski definition) is 8. The monoisotopic (exact) mass is 508 g/mol. The zero-order valence-electron chi connectivity index (χ0n) is 20.3. The molecule has 3 fully saturated rings. The molecule has 35 heavy (non-hydrogen) atoms. The number of thioether (sulfide) groups is 1. The third-order valence-corrected chi connectivity index (χ3v) is 9.71. The van der Waals surface area contributed by atoms with Gasteiger partial charge in [-0.15, -0.1) is 11.8 Å². The van der Waals surface area contributed by atoms with Crippen LogP contribution in [-0.2, 0) is 6.42 Å². The van der Waals surface area contributed by atoms with Gasteiger partial charge in [0.15, 0.2) is 5.13 Å². The largest absolute Gasteiger partial charge is 0.359 e. The van der Waals surface area contributed by atoms with E-state index in [1.54, 1.807) is 23.1 Å². The lowest BCUT2D eigenvalue weighted by atomic mass is 9.83. The van der Waals surface area contributed by atoms with E-state index in [9.17, 15) is 4.79 Å². The van der Waals surface area contributed by atoms with Crippen LogP contribution in [0, 0.1) is 17.3 Å². The lowest BCUT2D eigenvalue weighted by Crippen LogP contribution is -2.34. The quantitative estimate of drug-likeness (QED) is 0.480. The highest BCUT2D eigenvalue weighted by Gasteiger charge is 2.47. The molecule has 6 rings (SSSR count). The molecule has 1 aliphatic carbocycles. The van der Waals surface area contributed by atoms with Crippen LogP contribution in [-0.4, -0.2) is 64.2 Å². The van der Waals surface area contributed by atoms with Gasteiger partial charge in [-0.1, -0.05) is 18.3 Å². The molecule has 7 nitrogen and oxygen atoms in total. The van der Waals surface area contributed by atoms with Crippen molar-refractivity contribution in [2.45, 2.75) is 43.5 Å². The molecule has 184 valence electrons. The first-order valence-electron chi connectivity index (χ1n) is 12.5. The Labute approximate surface area is 214 Å². The maximum Gasteiger partial charge on any atom is 0.253 e. The number of likely N-dealkylation sites (tertiary alicyclic amines) is 1. The molecular weight excluding hydrogens is 476 g/mol. The Bertz CT molecular complexity index is 1230. The van der Waals surface area contributed by atoms with E-state index in [2.05, 4.69) is 27.5 Å². The van der Waals surface area contributed by atoms with E-state index in [-0.39, 0.29) is 11.3 Å². The van der Waals surface area contributed by atoms with E-state index in [4.69, 9.17) is 4.98 Å². The molecule has 3 aromatic rings. The number of nitrogens with zero attached hydrogens (tertiary/aromatic N) is 4. The normalized spacial score (nSPS) is 28.1. The van der Waals surface area contributed by atoms with Crippen molar-refractivity contribution in [3.63, 3.8) is 0 Å². The highest BCUT2D eigenvalue weighted by molar-refractivity contribution is 7.98. The smallest absolute Gasteiger partial charge is 0.253 e. The first-order valence-corrected chi connectivity index (χ1v) is 14.6. The number of rotatable bonds is 6. The molecule has 1 aromatic carbocycles. The predicted molar refractivity (Wildman–Crippen MR) is 142 cm³/mol. The van der Waals surface area contributed by atoms with Crippen molar-refractivity contribution in [3.8, 4) is 0 Å². The Balaban J connectivity index is 1.08. The summed E-state index contributed by atoms with van der Waals surface area (Å²) in [6, 6.07) is 6.39. The highest BCUT2D eigenvalue weighted by atomic mass is 32.2. The Kier molecular flexibility index (Phi) is 6.18. The van der Waals surface area contributed by atoms with Gasteiger partial charge in [-0.3, -0.25) is 4.79 Å². The number of hydrogen-bond donors (Lipinski definition) is 2. The van der Waals surface area contributed by atoms with Crippen LogP contribution in [0.15, 0.2) is 35.5 Å². The summed E-state index contributed by atoms with van der Waals surface area (Å²) in [4.78, 5) is 30.2. The molecule has 2 aromatic heterocycles. The van der Waals surface area contributed by atoms with Gasteiger partial charge in [0.1, 0.15) is 5.82 Å². The van der Waals surface area contributed by atoms with Crippen LogP contribution in [0.25, 0.3) is 10.2 Å². The third kappa shape index (κ3) is 4.66. The number of amides is 1. The molecule has 0 spiro atoms. The summed E-state index contributed by atoms with van der Waals surface area (Å²) in [5.74, 6) is 2.25. The predicted octanol–water partition coefficient (Wildman–Crippen LogP) is 4.31. The number of thiazole rings is 1. The second-order valence-electron chi connectivity index (χ2n) is 10.6. The maximum absolute atomic E-state index is 13.2. The van der Waals surface area contributed by atoms with Crippen molar-refractivity contribution in [2.24, 2.45) is 17.3 Å². The molecule has 4 atom stereocenters. The van der Waals surface area contributed by atoms with Crippen LogP contribution in [0.4, 0.5) is 5.13 Å². The van der Waals surface area contributed by atoms with Crippen molar-refractivity contribution in [3.05, 3.63) is 42.0 Å². The molecule has 2 N–H and O–H groups in total. The van der Waals surface area contributed by atoms with Crippen LogP contribution in [0.1, 0.15) is 42.4 Å². The summed E-state index contributed by atoms with van der Waals surface area (Å²) in [7, 11) is 0. The van der Waals surface area contributed by atoms with Crippen molar-refractivity contribution in [1.82, 2.24) is 25.2 Å². The van der Waals surface area contributed by atoms with Crippen LogP contribution in [0.3, 0.4) is 0 Å². The van der Waals surface area contributed by atoms with Gasteiger partial charge in [-0.05, 0) is 55.6 Å². The van der Waals surface area contributed by atoms with Gasteiger partial charge in [0.2, 0.25) is 0 Å². The number of fused-ring (bicyclic) bond motifs is 2. The van der Waals surface area contributed by atoms with Crippen molar-refractivity contribution in [2.75, 3.05) is 37.8 Å². The van der Waals surface area contributed by atoms with E-state index in [1.165, 1.54) is 6.42 Å². The van der Waals surface area contributed by atoms with Gasteiger partial charge in [0.25, 0.3) is 5.91 Å². The van der Waals surface area contributed by atoms with Gasteiger partial charge >= 0.3 is 0 Å². The molecule has 2 aliphatic heterocycles. The Morgan fingerprint density at radius 3 is 2.97 bits per heavy atom. The minimum atomic E-state index is 0.150. The second kappa shape index (κ2) is 9.33. The SMILES string of the molecule is CSc1cnc(C[C@H]2CC[C@H](Nc3nc4ccc(C(=O)N5C[C@@H]6CNC[C@]6(C)C5)cc4s3)C2)nc1. The average Bonchev–Trinajstić information content (AvgIpc) is 3.61. The van der Waals surface area contributed by atoms with Gasteiger partial charge in [0.05, 0.1) is 10.2 Å². The standard InChI is InChI=1S/C26H32N6OS2/c1-26-14-27-10-18(26)13-32(15-26)24(33)17-4-6-21-22(9-17)35-25(31-21)30-19-5-3-16(7-19)8-23-28-11-20(34-2)12-29-23/h4,6,9,11-12,16,18-19,27H,3,5,7-8,10,13-15H2,1-2H3,(H,30,31)/t16-,18-,19-,26+/m0/s1. The topological polar surface area (TPSA) is 83.0 Å². The molecule has 1 saturated carbocycles. The number of carbonyl (C=O) groups excluding carboxylic acids is 1. The average molecular weight is 509 g/mol. The summed E-state index contributed by atoms with van der Waals surface area (Å²) in [5.41, 5.74) is 1.95. The minimum absolute atomic E-state index is 0.150. The van der Waals surface area contributed by atoms with E-state index in [1.807, 2.05) is 41.7 Å². The third-order valence-electron chi connectivity index (χ3n) is 8.08. The molecular formula is C26H32N6OS2. The fraction of sp³-hybridized carbons (Fsp3) is 0.538. The van der Waals surface area contributed by atoms with Crippen molar-refractivity contribution in [1.29, 1.82) is 0 Å². The fourth-order valence-corrected chi connectivity index (χ4v) is 7.29. The van der Waals surface area contributed by atoms with E-state index < -0.39 is 0 Å². The number of anilines is 1. The Morgan fingerprint density at radius 2 is 2.17 bits per heavy atom. The number of aromatic nitrogens is 3. The van der Waals surface area contributed by atoms with Crippen molar-refractivity contribution < 1.29 is 4.79 Å². The van der Waals surface area contributed by atoms with Crippen molar-refractivity contribution >= 4 is 44.4 Å². The first-order chi connectivity index (χ1) is 17.0. The number of benzene rings is 1. The second-order valence-corrected chi connectivity index (χ2v) is 12.5. The van der Waals surface area contributed by atoms with Crippen LogP contribution in [0.2, 0.25) is 0 Å². The minimum Gasteiger partial charge on any atom is -0.359 e. The highest BCUT2D eigenvalue weighted by Crippen LogP contribution is 2.39. The lowest BCUT2D eigenvalue weighted by molar-refractivity contribution is 0.0773. The Morgan fingerprint density at radius 1 is 1.31 bits per heavy atom. The van der Waals surface area contributed by atoms with Crippen LogP contribution >= 0.6 is 23.1 Å². The molecule has 9 heteroatoms. The summed E-state index contributed by atoms with van der Waals surface area (Å²) >= 11 is 3.32. The van der Waals surface area contributed by atoms with E-state index >= 15 is 0 Å². The number of nitrogens with one attached hydrogen (secondary N) is 2. The zero-order chi connectivity index (χ0) is 24.0. The molecule has 4 heterocycles. The van der Waals surface area contributed by atoms with Gasteiger partial charge in [0, 0.05) is 66.9 Å². The molecule has 1 amide bonds. The van der Waals surface area contributed by atoms with Gasteiger partial charge in [-0.25, -0.2) is 15.0 Å². The molecule has 3 aliphatic rings. The summed E-state index contributed by atoms with van der Waals surface area (Å²) < 4.78 is 1.07. The first kappa shape index (κ1) is 23.2. The summed E-state index contributed by atoms with van der Waals surface area (Å²) in [5, 5.41) is 8.09. The molecule has 2 saturated heterocycles. The lowest BCUT2D eigenvalue weighted by Gasteiger charge is -2.22. The van der Waals surface area contributed by atoms with Gasteiger partial charge < -0.3 is 15.5 Å². The molecule has 0 bridgehead atoms. The van der Waals surface area contributed by atoms with E-state index in [0.29, 0.717) is 17.9 Å². The van der Waals surface area contributed by atoms with Crippen LogP contribution in [0.5, 0.6) is 0 Å². The molecule has 0 radical (unpaired) electrons. The fourth-order valence-electron chi connectivity index (χ4n) is 5.99. The molecule has 0 unspecified atom stereocenters. The van der Waals surface area contributed by atoms with Crippen LogP contribution < -0.4 is 10.6 Å². The summed E-state index contributed by atoms with van der Waals surface area (Å²) in [6.07, 6.45) is 10.2. The van der Waals surface area contributed by atoms with Gasteiger partial charge in [-0.2, -0.15) is 0 Å². The van der Waals surface area contributed by atoms with E-state index in [0.717, 1.165) is 77.1 Å². The number of carbonyl (C=O) groups is 1. The zero-order valence-corrected chi connectivity index (χ0v) is 21.9.